The molecule has 0 saturated carbocycles. The van der Waals surface area contributed by atoms with Gasteiger partial charge >= 0.3 is 12.1 Å². The summed E-state index contributed by atoms with van der Waals surface area (Å²) in [5.74, 6) is -0.796. The Bertz CT molecular complexity index is 264. The first-order chi connectivity index (χ1) is 6.35. The predicted octanol–water partition coefficient (Wildman–Crippen LogP) is 0.938. The van der Waals surface area contributed by atoms with Crippen LogP contribution < -0.4 is 0 Å². The van der Waals surface area contributed by atoms with Crippen LogP contribution in [-0.4, -0.2) is 40.8 Å². The van der Waals surface area contributed by atoms with E-state index in [0.29, 0.717) is 12.5 Å². The highest BCUT2D eigenvalue weighted by Crippen LogP contribution is 2.23. The lowest BCUT2D eigenvalue weighted by Crippen LogP contribution is -2.40. The van der Waals surface area contributed by atoms with Gasteiger partial charge in [-0.1, -0.05) is 13.8 Å². The van der Waals surface area contributed by atoms with E-state index in [1.807, 2.05) is 13.8 Å². The summed E-state index contributed by atoms with van der Waals surface area (Å²) in [5, 5.41) is 8.84. The molecule has 1 aliphatic heterocycles. The van der Waals surface area contributed by atoms with Crippen LogP contribution in [0.3, 0.4) is 0 Å². The lowest BCUT2D eigenvalue weighted by molar-refractivity contribution is -0.153. The lowest BCUT2D eigenvalue weighted by atomic mass is 10.1. The summed E-state index contributed by atoms with van der Waals surface area (Å²) in [6, 6.07) is 0. The van der Waals surface area contributed by atoms with Crippen molar-refractivity contribution in [1.82, 2.24) is 4.90 Å². The minimum atomic E-state index is -1.38. The molecule has 1 saturated heterocycles. The maximum absolute atomic E-state index is 11.3. The second-order valence-corrected chi connectivity index (χ2v) is 4.18. The van der Waals surface area contributed by atoms with E-state index < -0.39 is 17.7 Å². The average Bonchev–Trinajstić information content (AvgIpc) is 2.27. The van der Waals surface area contributed by atoms with Gasteiger partial charge in [-0.3, -0.25) is 0 Å². The average molecular weight is 201 g/mol. The molecule has 14 heavy (non-hydrogen) atoms. The van der Waals surface area contributed by atoms with E-state index >= 15 is 0 Å². The quantitative estimate of drug-likeness (QED) is 0.737. The number of hydrogen-bond acceptors (Lipinski definition) is 3. The predicted molar refractivity (Wildman–Crippen MR) is 48.9 cm³/mol. The number of aliphatic carboxylic acids is 1. The van der Waals surface area contributed by atoms with Crippen LogP contribution in [0.25, 0.3) is 0 Å². The Hall–Kier alpha value is -1.26. The summed E-state index contributed by atoms with van der Waals surface area (Å²) < 4.78 is 4.81. The highest BCUT2D eigenvalue weighted by Gasteiger charge is 2.47. The Balaban J connectivity index is 2.69. The molecule has 1 N–H and O–H groups in total. The van der Waals surface area contributed by atoms with Crippen molar-refractivity contribution in [3.63, 3.8) is 0 Å². The highest BCUT2D eigenvalue weighted by molar-refractivity contribution is 5.84. The van der Waals surface area contributed by atoms with Crippen molar-refractivity contribution in [3.05, 3.63) is 0 Å². The molecular weight excluding hydrogens is 186 g/mol. The maximum Gasteiger partial charge on any atom is 0.411 e. The van der Waals surface area contributed by atoms with E-state index in [-0.39, 0.29) is 6.54 Å². The zero-order chi connectivity index (χ0) is 10.9. The molecule has 1 fully saturated rings. The van der Waals surface area contributed by atoms with Gasteiger partial charge in [0, 0.05) is 6.54 Å². The SMILES string of the molecule is CC(C)CN1CC(C)(C(=O)O)OC1=O. The largest absolute Gasteiger partial charge is 0.478 e. The Kier molecular flexibility index (Phi) is 2.69. The molecule has 80 valence electrons. The van der Waals surface area contributed by atoms with Gasteiger partial charge in [-0.05, 0) is 12.8 Å². The minimum absolute atomic E-state index is 0.124. The Morgan fingerprint density at radius 3 is 2.64 bits per heavy atom. The number of carboxylic acids is 1. The van der Waals surface area contributed by atoms with Gasteiger partial charge in [-0.25, -0.2) is 9.59 Å². The Labute approximate surface area is 82.6 Å². The molecular formula is C9H15NO4. The molecule has 5 heteroatoms. The first kappa shape index (κ1) is 10.8. The van der Waals surface area contributed by atoms with Gasteiger partial charge in [0.05, 0.1) is 6.54 Å². The van der Waals surface area contributed by atoms with Crippen molar-refractivity contribution in [2.45, 2.75) is 26.4 Å². The molecule has 0 aromatic heterocycles. The highest BCUT2D eigenvalue weighted by atomic mass is 16.6. The van der Waals surface area contributed by atoms with Gasteiger partial charge in [0.15, 0.2) is 0 Å². The fraction of sp³-hybridized carbons (Fsp3) is 0.778. The van der Waals surface area contributed by atoms with Crippen LogP contribution in [0.15, 0.2) is 0 Å². The van der Waals surface area contributed by atoms with E-state index in [9.17, 15) is 9.59 Å². The summed E-state index contributed by atoms with van der Waals surface area (Å²) in [5.41, 5.74) is -1.38. The second-order valence-electron chi connectivity index (χ2n) is 4.18. The molecule has 1 unspecified atom stereocenters. The minimum Gasteiger partial charge on any atom is -0.478 e. The van der Waals surface area contributed by atoms with E-state index in [4.69, 9.17) is 9.84 Å². The van der Waals surface area contributed by atoms with E-state index in [2.05, 4.69) is 0 Å². The van der Waals surface area contributed by atoms with Crippen LogP contribution in [0, 0.1) is 5.92 Å². The number of amides is 1. The molecule has 0 bridgehead atoms. The zero-order valence-corrected chi connectivity index (χ0v) is 8.61. The van der Waals surface area contributed by atoms with Crippen molar-refractivity contribution in [2.75, 3.05) is 13.1 Å². The van der Waals surface area contributed by atoms with Crippen LogP contribution in [0.5, 0.6) is 0 Å². The number of carbonyl (C=O) groups excluding carboxylic acids is 1. The van der Waals surface area contributed by atoms with Gasteiger partial charge in [0.25, 0.3) is 0 Å². The summed E-state index contributed by atoms with van der Waals surface area (Å²) in [6.45, 7) is 5.99. The van der Waals surface area contributed by atoms with E-state index in [0.717, 1.165) is 0 Å². The number of ether oxygens (including phenoxy) is 1. The van der Waals surface area contributed by atoms with Crippen molar-refractivity contribution in [2.24, 2.45) is 5.92 Å². The molecule has 1 atom stereocenters. The van der Waals surface area contributed by atoms with E-state index in [1.165, 1.54) is 11.8 Å². The van der Waals surface area contributed by atoms with E-state index in [1.54, 1.807) is 0 Å². The maximum atomic E-state index is 11.3. The summed E-state index contributed by atoms with van der Waals surface area (Å²) in [7, 11) is 0. The lowest BCUT2D eigenvalue weighted by Gasteiger charge is -2.17. The van der Waals surface area contributed by atoms with Gasteiger partial charge < -0.3 is 14.7 Å². The third-order valence-electron chi connectivity index (χ3n) is 2.10. The molecule has 0 aliphatic carbocycles. The molecule has 0 radical (unpaired) electrons. The van der Waals surface area contributed by atoms with Gasteiger partial charge in [0.1, 0.15) is 0 Å². The van der Waals surface area contributed by atoms with Gasteiger partial charge in [-0.2, -0.15) is 0 Å². The fourth-order valence-electron chi connectivity index (χ4n) is 1.41. The number of hydrogen-bond donors (Lipinski definition) is 1. The van der Waals surface area contributed by atoms with Crippen molar-refractivity contribution in [1.29, 1.82) is 0 Å². The standard InChI is InChI=1S/C9H15NO4/c1-6(2)4-10-5-9(3,7(11)12)14-8(10)13/h6H,4-5H2,1-3H3,(H,11,12). The smallest absolute Gasteiger partial charge is 0.411 e. The van der Waals surface area contributed by atoms with Crippen molar-refractivity contribution < 1.29 is 19.4 Å². The molecule has 0 spiro atoms. The normalized spacial score (nSPS) is 26.9. The van der Waals surface area contributed by atoms with Crippen LogP contribution >= 0.6 is 0 Å². The molecule has 0 aromatic rings. The van der Waals surface area contributed by atoms with Crippen molar-refractivity contribution >= 4 is 12.1 Å². The number of nitrogens with zero attached hydrogens (tertiary/aromatic N) is 1. The molecule has 5 nitrogen and oxygen atoms in total. The Morgan fingerprint density at radius 1 is 1.71 bits per heavy atom. The first-order valence-electron chi connectivity index (χ1n) is 4.56. The second kappa shape index (κ2) is 3.48. The number of rotatable bonds is 3. The number of carboxylic acid groups (broad SMARTS) is 1. The monoisotopic (exact) mass is 201 g/mol. The Morgan fingerprint density at radius 2 is 2.29 bits per heavy atom. The molecule has 1 aliphatic rings. The third-order valence-corrected chi connectivity index (χ3v) is 2.10. The molecule has 1 heterocycles. The first-order valence-corrected chi connectivity index (χ1v) is 4.56. The van der Waals surface area contributed by atoms with Crippen LogP contribution in [-0.2, 0) is 9.53 Å². The van der Waals surface area contributed by atoms with Crippen LogP contribution in [0.2, 0.25) is 0 Å². The van der Waals surface area contributed by atoms with Gasteiger partial charge in [0.2, 0.25) is 5.60 Å². The summed E-state index contributed by atoms with van der Waals surface area (Å²) in [4.78, 5) is 23.5. The van der Waals surface area contributed by atoms with Crippen molar-refractivity contribution in [3.8, 4) is 0 Å². The topological polar surface area (TPSA) is 66.8 Å². The fourth-order valence-corrected chi connectivity index (χ4v) is 1.41. The number of cyclic esters (lactones) is 1. The third kappa shape index (κ3) is 1.97. The summed E-state index contributed by atoms with van der Waals surface area (Å²) in [6.07, 6.45) is -0.538. The van der Waals surface area contributed by atoms with Crippen LogP contribution in [0.1, 0.15) is 20.8 Å². The summed E-state index contributed by atoms with van der Waals surface area (Å²) >= 11 is 0. The van der Waals surface area contributed by atoms with Crippen LogP contribution in [0.4, 0.5) is 4.79 Å². The molecule has 0 aromatic carbocycles. The zero-order valence-electron chi connectivity index (χ0n) is 8.61. The molecule has 1 amide bonds. The number of carbonyl (C=O) groups is 2. The van der Waals surface area contributed by atoms with Gasteiger partial charge in [-0.15, -0.1) is 0 Å². The molecule has 1 rings (SSSR count).